The zero-order chi connectivity index (χ0) is 24.1. The molecule has 176 valence electrons. The molecule has 0 saturated carbocycles. The molecule has 0 radical (unpaired) electrons. The van der Waals surface area contributed by atoms with Gasteiger partial charge < -0.3 is 19.2 Å². The third-order valence-electron chi connectivity index (χ3n) is 5.24. The number of amides is 1. The molecule has 0 bridgehead atoms. The Morgan fingerprint density at radius 2 is 1.76 bits per heavy atom. The molecule has 1 amide bonds. The molecule has 1 N–H and O–H groups in total. The highest BCUT2D eigenvalue weighted by Gasteiger charge is 2.20. The topological polar surface area (TPSA) is 104 Å². The van der Waals surface area contributed by atoms with Crippen LogP contribution in [-0.2, 0) is 6.54 Å². The second kappa shape index (κ2) is 10.2. The fourth-order valence-corrected chi connectivity index (χ4v) is 3.45. The van der Waals surface area contributed by atoms with Gasteiger partial charge in [0.2, 0.25) is 5.89 Å². The van der Waals surface area contributed by atoms with Crippen LogP contribution in [0.4, 0.5) is 5.69 Å². The number of nitrogens with one attached hydrogen (secondary N) is 1. The zero-order valence-electron chi connectivity index (χ0n) is 19.7. The van der Waals surface area contributed by atoms with Crippen LogP contribution < -0.4 is 14.8 Å². The van der Waals surface area contributed by atoms with E-state index < -0.39 is 0 Å². The predicted octanol–water partition coefficient (Wildman–Crippen LogP) is 4.65. The Balaban J connectivity index is 1.50. The minimum atomic E-state index is -0.358. The van der Waals surface area contributed by atoms with E-state index in [1.807, 2.05) is 57.2 Å². The molecule has 0 aliphatic rings. The molecule has 34 heavy (non-hydrogen) atoms. The maximum Gasteiger partial charge on any atom is 0.278 e. The van der Waals surface area contributed by atoms with Gasteiger partial charge >= 0.3 is 0 Å². The summed E-state index contributed by atoms with van der Waals surface area (Å²) in [6.45, 7) is 8.92. The summed E-state index contributed by atoms with van der Waals surface area (Å²) in [5, 5.41) is 11.1. The van der Waals surface area contributed by atoms with E-state index in [2.05, 4.69) is 20.6 Å². The second-order valence-corrected chi connectivity index (χ2v) is 7.54. The molecular formula is C25H27N5O4. The van der Waals surface area contributed by atoms with Gasteiger partial charge in [0, 0.05) is 5.56 Å². The summed E-state index contributed by atoms with van der Waals surface area (Å²) in [5.41, 5.74) is 3.00. The molecule has 9 heteroatoms. The van der Waals surface area contributed by atoms with Crippen LogP contribution in [0.25, 0.3) is 11.5 Å². The summed E-state index contributed by atoms with van der Waals surface area (Å²) in [6.07, 6.45) is 0. The maximum atomic E-state index is 12.9. The van der Waals surface area contributed by atoms with Gasteiger partial charge in [-0.05, 0) is 64.1 Å². The lowest BCUT2D eigenvalue weighted by Gasteiger charge is -2.10. The van der Waals surface area contributed by atoms with Crippen molar-refractivity contribution in [3.8, 4) is 23.0 Å². The van der Waals surface area contributed by atoms with Crippen molar-refractivity contribution in [3.05, 3.63) is 71.4 Å². The van der Waals surface area contributed by atoms with E-state index in [4.69, 9.17) is 13.9 Å². The highest BCUT2D eigenvalue weighted by atomic mass is 16.5. The molecule has 4 rings (SSSR count). The number of rotatable bonds is 9. The average molecular weight is 462 g/mol. The molecule has 2 aromatic carbocycles. The van der Waals surface area contributed by atoms with E-state index in [0.717, 1.165) is 11.3 Å². The Labute approximate surface area is 197 Å². The fourth-order valence-electron chi connectivity index (χ4n) is 3.45. The van der Waals surface area contributed by atoms with Crippen molar-refractivity contribution in [3.63, 3.8) is 0 Å². The Hall–Kier alpha value is -4.14. The molecule has 9 nitrogen and oxygen atoms in total. The summed E-state index contributed by atoms with van der Waals surface area (Å²) in [6, 6.07) is 14.8. The molecule has 2 heterocycles. The first-order valence-electron chi connectivity index (χ1n) is 11.1. The number of benzene rings is 2. The Kier molecular flexibility index (Phi) is 6.91. The normalized spacial score (nSPS) is 10.8. The quantitative estimate of drug-likeness (QED) is 0.387. The first-order chi connectivity index (χ1) is 16.5. The minimum absolute atomic E-state index is 0.235. The van der Waals surface area contributed by atoms with Crippen molar-refractivity contribution in [2.45, 2.75) is 34.2 Å². The number of nitrogens with zero attached hydrogens (tertiary/aromatic N) is 4. The maximum absolute atomic E-state index is 12.9. The van der Waals surface area contributed by atoms with E-state index in [-0.39, 0.29) is 11.6 Å². The van der Waals surface area contributed by atoms with Crippen LogP contribution in [0, 0.1) is 13.8 Å². The van der Waals surface area contributed by atoms with Gasteiger partial charge in [0.15, 0.2) is 5.69 Å². The van der Waals surface area contributed by atoms with Crippen LogP contribution in [0.1, 0.15) is 41.5 Å². The molecule has 0 fully saturated rings. The number of hydrogen-bond acceptors (Lipinski definition) is 7. The summed E-state index contributed by atoms with van der Waals surface area (Å²) in [7, 11) is 0. The zero-order valence-corrected chi connectivity index (χ0v) is 19.7. The van der Waals surface area contributed by atoms with Gasteiger partial charge in [-0.1, -0.05) is 17.3 Å². The van der Waals surface area contributed by atoms with Crippen LogP contribution in [-0.4, -0.2) is 39.1 Å². The Morgan fingerprint density at radius 1 is 1.03 bits per heavy atom. The van der Waals surface area contributed by atoms with E-state index in [1.54, 1.807) is 23.7 Å². The number of oxazole rings is 1. The number of ether oxygens (including phenoxy) is 2. The van der Waals surface area contributed by atoms with E-state index in [9.17, 15) is 4.79 Å². The van der Waals surface area contributed by atoms with E-state index in [0.29, 0.717) is 54.2 Å². The Morgan fingerprint density at radius 3 is 2.50 bits per heavy atom. The van der Waals surface area contributed by atoms with Gasteiger partial charge in [-0.15, -0.1) is 5.10 Å². The predicted molar refractivity (Wildman–Crippen MR) is 127 cm³/mol. The fraction of sp³-hybridized carbons (Fsp3) is 0.280. The van der Waals surface area contributed by atoms with Crippen molar-refractivity contribution >= 4 is 11.6 Å². The SMILES string of the molecule is CCOc1ccc(-c2nc(Cn3nnc(C(=O)Nc4ccccc4OCC)c3C)c(C)o2)cc1. The first-order valence-corrected chi connectivity index (χ1v) is 11.1. The molecule has 4 aromatic rings. The van der Waals surface area contributed by atoms with Crippen molar-refractivity contribution in [1.82, 2.24) is 20.0 Å². The summed E-state index contributed by atoms with van der Waals surface area (Å²) < 4.78 is 18.6. The molecular weight excluding hydrogens is 434 g/mol. The lowest BCUT2D eigenvalue weighted by Crippen LogP contribution is -2.15. The van der Waals surface area contributed by atoms with Crippen LogP contribution >= 0.6 is 0 Å². The van der Waals surface area contributed by atoms with Crippen molar-refractivity contribution in [1.29, 1.82) is 0 Å². The highest BCUT2D eigenvalue weighted by Crippen LogP contribution is 2.26. The molecule has 0 aliphatic heterocycles. The average Bonchev–Trinajstić information content (AvgIpc) is 3.38. The van der Waals surface area contributed by atoms with Crippen molar-refractivity contribution < 1.29 is 18.7 Å². The third kappa shape index (κ3) is 4.93. The number of anilines is 1. The molecule has 0 atom stereocenters. The van der Waals surface area contributed by atoms with Crippen LogP contribution in [0.2, 0.25) is 0 Å². The van der Waals surface area contributed by atoms with Gasteiger partial charge in [-0.3, -0.25) is 4.79 Å². The summed E-state index contributed by atoms with van der Waals surface area (Å²) in [4.78, 5) is 17.5. The highest BCUT2D eigenvalue weighted by molar-refractivity contribution is 6.04. The van der Waals surface area contributed by atoms with Gasteiger partial charge in [0.1, 0.15) is 23.0 Å². The molecule has 0 unspecified atom stereocenters. The van der Waals surface area contributed by atoms with E-state index >= 15 is 0 Å². The lowest BCUT2D eigenvalue weighted by molar-refractivity contribution is 0.102. The van der Waals surface area contributed by atoms with Gasteiger partial charge in [-0.2, -0.15) is 0 Å². The van der Waals surface area contributed by atoms with E-state index in [1.165, 1.54) is 0 Å². The molecule has 0 saturated heterocycles. The molecule has 2 aromatic heterocycles. The molecule has 0 aliphatic carbocycles. The van der Waals surface area contributed by atoms with Crippen molar-refractivity contribution in [2.75, 3.05) is 18.5 Å². The second-order valence-electron chi connectivity index (χ2n) is 7.54. The van der Waals surface area contributed by atoms with Crippen LogP contribution in [0.5, 0.6) is 11.5 Å². The number of hydrogen-bond donors (Lipinski definition) is 1. The van der Waals surface area contributed by atoms with Crippen molar-refractivity contribution in [2.24, 2.45) is 0 Å². The number of aromatic nitrogens is 4. The number of carbonyl (C=O) groups excluding carboxylic acids is 1. The minimum Gasteiger partial charge on any atom is -0.494 e. The first kappa shape index (κ1) is 23.0. The monoisotopic (exact) mass is 461 g/mol. The smallest absolute Gasteiger partial charge is 0.278 e. The number of aryl methyl sites for hydroxylation is 1. The Bertz CT molecular complexity index is 1280. The lowest BCUT2D eigenvalue weighted by atomic mass is 10.2. The van der Waals surface area contributed by atoms with Crippen LogP contribution in [0.15, 0.2) is 52.9 Å². The van der Waals surface area contributed by atoms with Gasteiger partial charge in [0.05, 0.1) is 31.1 Å². The summed E-state index contributed by atoms with van der Waals surface area (Å²) in [5.74, 6) is 2.23. The third-order valence-corrected chi connectivity index (χ3v) is 5.24. The van der Waals surface area contributed by atoms with Crippen LogP contribution in [0.3, 0.4) is 0 Å². The van der Waals surface area contributed by atoms with Gasteiger partial charge in [-0.25, -0.2) is 9.67 Å². The summed E-state index contributed by atoms with van der Waals surface area (Å²) >= 11 is 0. The number of para-hydroxylation sites is 2. The molecule has 0 spiro atoms. The largest absolute Gasteiger partial charge is 0.494 e. The standard InChI is InChI=1S/C25H27N5O4/c1-5-32-19-13-11-18(12-14-19)25-27-21(17(4)34-25)15-30-16(3)23(28-29-30)24(31)26-20-9-7-8-10-22(20)33-6-2/h7-14H,5-6,15H2,1-4H3,(H,26,31). The van der Waals surface area contributed by atoms with Gasteiger partial charge in [0.25, 0.3) is 5.91 Å². The number of carbonyl (C=O) groups is 1.